The first-order valence-corrected chi connectivity index (χ1v) is 12.2. The summed E-state index contributed by atoms with van der Waals surface area (Å²) in [6.07, 6.45) is 1.09. The lowest BCUT2D eigenvalue weighted by Gasteiger charge is -2.24. The number of ether oxygens (including phenoxy) is 1. The van der Waals surface area contributed by atoms with Crippen molar-refractivity contribution < 1.29 is 17.9 Å². The summed E-state index contributed by atoms with van der Waals surface area (Å²) in [7, 11) is -2.14. The maximum absolute atomic E-state index is 12.6. The summed E-state index contributed by atoms with van der Waals surface area (Å²) in [6.45, 7) is 0.0227. The minimum atomic E-state index is -3.64. The van der Waals surface area contributed by atoms with Gasteiger partial charge in [-0.05, 0) is 48.0 Å². The molecular weight excluding hydrogens is 495 g/mol. The quantitative estimate of drug-likeness (QED) is 0.428. The third kappa shape index (κ3) is 5.66. The smallest absolute Gasteiger partial charge is 0.255 e. The number of halogens is 3. The zero-order chi connectivity index (χ0) is 23.5. The van der Waals surface area contributed by atoms with Crippen LogP contribution >= 0.6 is 34.8 Å². The summed E-state index contributed by atoms with van der Waals surface area (Å²) in [4.78, 5) is 12.6. The van der Waals surface area contributed by atoms with E-state index in [1.54, 1.807) is 60.7 Å². The zero-order valence-corrected chi connectivity index (χ0v) is 20.2. The van der Waals surface area contributed by atoms with Crippen molar-refractivity contribution in [2.24, 2.45) is 0 Å². The van der Waals surface area contributed by atoms with E-state index < -0.39 is 10.0 Å². The standard InChI is InChI=1S/C22H19Cl3N2O4S/c1-31-20-11-10-16(12-18(20)24)26-22(28)15-8-6-14(7-9-15)13-27(32(2,29)30)19-5-3-4-17(23)21(19)25/h3-12H,13H2,1-2H3,(H,26,28). The second-order valence-corrected chi connectivity index (χ2v) is 9.94. The van der Waals surface area contributed by atoms with Crippen LogP contribution in [0, 0.1) is 0 Å². The van der Waals surface area contributed by atoms with E-state index in [4.69, 9.17) is 39.5 Å². The molecule has 0 atom stereocenters. The summed E-state index contributed by atoms with van der Waals surface area (Å²) < 4.78 is 31.0. The molecule has 0 bridgehead atoms. The molecule has 32 heavy (non-hydrogen) atoms. The van der Waals surface area contributed by atoms with Gasteiger partial charge in [0, 0.05) is 11.3 Å². The maximum Gasteiger partial charge on any atom is 0.255 e. The monoisotopic (exact) mass is 512 g/mol. The van der Waals surface area contributed by atoms with Gasteiger partial charge in [0.05, 0.1) is 40.7 Å². The summed E-state index contributed by atoms with van der Waals surface area (Å²) in [6, 6.07) is 16.3. The van der Waals surface area contributed by atoms with Crippen molar-refractivity contribution in [3.05, 3.63) is 86.9 Å². The third-order valence-corrected chi connectivity index (χ3v) is 6.78. The Morgan fingerprint density at radius 1 is 1.00 bits per heavy atom. The molecule has 0 fully saturated rings. The van der Waals surface area contributed by atoms with Crippen LogP contribution in [-0.4, -0.2) is 27.7 Å². The molecule has 0 saturated heterocycles. The van der Waals surface area contributed by atoms with Gasteiger partial charge >= 0.3 is 0 Å². The highest BCUT2D eigenvalue weighted by molar-refractivity contribution is 7.92. The van der Waals surface area contributed by atoms with Crippen LogP contribution < -0.4 is 14.4 Å². The molecule has 10 heteroatoms. The molecule has 0 aliphatic rings. The van der Waals surface area contributed by atoms with Crippen LogP contribution in [0.4, 0.5) is 11.4 Å². The molecule has 1 amide bonds. The van der Waals surface area contributed by atoms with Crippen molar-refractivity contribution in [1.29, 1.82) is 0 Å². The Balaban J connectivity index is 1.78. The highest BCUT2D eigenvalue weighted by Gasteiger charge is 2.21. The van der Waals surface area contributed by atoms with Crippen molar-refractivity contribution in [3.8, 4) is 5.75 Å². The molecule has 0 unspecified atom stereocenters. The molecule has 0 aromatic heterocycles. The Morgan fingerprint density at radius 2 is 1.69 bits per heavy atom. The molecule has 0 spiro atoms. The number of nitrogens with zero attached hydrogens (tertiary/aromatic N) is 1. The van der Waals surface area contributed by atoms with Gasteiger partial charge in [-0.3, -0.25) is 9.10 Å². The topological polar surface area (TPSA) is 75.7 Å². The van der Waals surface area contributed by atoms with Gasteiger partial charge in [0.25, 0.3) is 5.91 Å². The lowest BCUT2D eigenvalue weighted by molar-refractivity contribution is 0.102. The Morgan fingerprint density at radius 3 is 2.28 bits per heavy atom. The minimum Gasteiger partial charge on any atom is -0.495 e. The number of carbonyl (C=O) groups excluding carboxylic acids is 1. The molecule has 3 rings (SSSR count). The van der Waals surface area contributed by atoms with Crippen LogP contribution in [0.1, 0.15) is 15.9 Å². The highest BCUT2D eigenvalue weighted by Crippen LogP contribution is 2.34. The molecule has 0 saturated carbocycles. The molecule has 3 aromatic rings. The summed E-state index contributed by atoms with van der Waals surface area (Å²) in [5.74, 6) is 0.167. The third-order valence-electron chi connectivity index (χ3n) is 4.55. The molecule has 3 aromatic carbocycles. The van der Waals surface area contributed by atoms with Crippen LogP contribution in [0.25, 0.3) is 0 Å². The van der Waals surface area contributed by atoms with Gasteiger partial charge in [-0.2, -0.15) is 0 Å². The van der Waals surface area contributed by atoms with Crippen molar-refractivity contribution in [2.45, 2.75) is 6.54 Å². The maximum atomic E-state index is 12.6. The van der Waals surface area contributed by atoms with E-state index in [0.717, 1.165) is 10.6 Å². The van der Waals surface area contributed by atoms with Gasteiger partial charge in [0.15, 0.2) is 0 Å². The van der Waals surface area contributed by atoms with Crippen LogP contribution in [0.2, 0.25) is 15.1 Å². The second-order valence-electron chi connectivity index (χ2n) is 6.84. The van der Waals surface area contributed by atoms with Crippen molar-refractivity contribution in [2.75, 3.05) is 23.0 Å². The van der Waals surface area contributed by atoms with E-state index in [2.05, 4.69) is 5.32 Å². The second kappa shape index (κ2) is 10.0. The van der Waals surface area contributed by atoms with E-state index in [0.29, 0.717) is 27.6 Å². The summed E-state index contributed by atoms with van der Waals surface area (Å²) in [5.41, 5.74) is 1.85. The summed E-state index contributed by atoms with van der Waals surface area (Å²) in [5, 5.41) is 3.53. The van der Waals surface area contributed by atoms with E-state index in [9.17, 15) is 13.2 Å². The number of amides is 1. The van der Waals surface area contributed by atoms with E-state index in [1.807, 2.05) is 0 Å². The SMILES string of the molecule is COc1ccc(NC(=O)c2ccc(CN(c3cccc(Cl)c3Cl)S(C)(=O)=O)cc2)cc1Cl. The Kier molecular flexibility index (Phi) is 7.56. The lowest BCUT2D eigenvalue weighted by atomic mass is 10.1. The van der Waals surface area contributed by atoms with Crippen LogP contribution in [-0.2, 0) is 16.6 Å². The fraction of sp³-hybridized carbons (Fsp3) is 0.136. The van der Waals surface area contributed by atoms with Gasteiger partial charge in [0.2, 0.25) is 10.0 Å². The first-order chi connectivity index (χ1) is 15.1. The normalized spacial score (nSPS) is 11.2. The molecule has 0 aliphatic heterocycles. The number of rotatable bonds is 7. The van der Waals surface area contributed by atoms with Crippen LogP contribution in [0.15, 0.2) is 60.7 Å². The number of anilines is 2. The number of carbonyl (C=O) groups is 1. The summed E-state index contributed by atoms with van der Waals surface area (Å²) >= 11 is 18.4. The number of sulfonamides is 1. The number of hydrogen-bond acceptors (Lipinski definition) is 4. The minimum absolute atomic E-state index is 0.0227. The predicted molar refractivity (Wildman–Crippen MR) is 130 cm³/mol. The van der Waals surface area contributed by atoms with E-state index in [1.165, 1.54) is 7.11 Å². The molecule has 1 N–H and O–H groups in total. The fourth-order valence-corrected chi connectivity index (χ4v) is 4.54. The Hall–Kier alpha value is -2.45. The van der Waals surface area contributed by atoms with Gasteiger partial charge in [-0.1, -0.05) is 53.0 Å². The van der Waals surface area contributed by atoms with Gasteiger partial charge in [-0.25, -0.2) is 8.42 Å². The number of methoxy groups -OCH3 is 1. The average molecular weight is 514 g/mol. The highest BCUT2D eigenvalue weighted by atomic mass is 35.5. The number of nitrogens with one attached hydrogen (secondary N) is 1. The Labute approximate surface area is 201 Å². The van der Waals surface area contributed by atoms with Crippen molar-refractivity contribution in [3.63, 3.8) is 0 Å². The molecule has 0 radical (unpaired) electrons. The largest absolute Gasteiger partial charge is 0.495 e. The van der Waals surface area contributed by atoms with Gasteiger partial charge < -0.3 is 10.1 Å². The Bertz CT molecular complexity index is 1250. The van der Waals surface area contributed by atoms with E-state index in [-0.39, 0.29) is 28.2 Å². The fourth-order valence-electron chi connectivity index (χ4n) is 2.94. The van der Waals surface area contributed by atoms with Gasteiger partial charge in [-0.15, -0.1) is 0 Å². The van der Waals surface area contributed by atoms with E-state index >= 15 is 0 Å². The molecule has 0 heterocycles. The molecule has 0 aliphatic carbocycles. The number of hydrogen-bond donors (Lipinski definition) is 1. The first-order valence-electron chi connectivity index (χ1n) is 9.25. The molecule has 6 nitrogen and oxygen atoms in total. The lowest BCUT2D eigenvalue weighted by Crippen LogP contribution is -2.29. The molecular formula is C22H19Cl3N2O4S. The van der Waals surface area contributed by atoms with Gasteiger partial charge in [0.1, 0.15) is 5.75 Å². The van der Waals surface area contributed by atoms with Crippen molar-refractivity contribution >= 4 is 62.1 Å². The zero-order valence-electron chi connectivity index (χ0n) is 17.1. The molecule has 168 valence electrons. The first kappa shape index (κ1) is 24.2. The predicted octanol–water partition coefficient (Wildman–Crippen LogP) is 5.87. The van der Waals surface area contributed by atoms with Crippen LogP contribution in [0.5, 0.6) is 5.75 Å². The number of benzene rings is 3. The van der Waals surface area contributed by atoms with Crippen LogP contribution in [0.3, 0.4) is 0 Å². The average Bonchev–Trinajstić information content (AvgIpc) is 2.74. The van der Waals surface area contributed by atoms with Crippen molar-refractivity contribution in [1.82, 2.24) is 0 Å².